The molecule has 2 rings (SSSR count). The minimum Gasteiger partial charge on any atom is -0.391 e. The van der Waals surface area contributed by atoms with Crippen LogP contribution in [0.25, 0.3) is 5.70 Å². The lowest BCUT2D eigenvalue weighted by atomic mass is 9.99. The summed E-state index contributed by atoms with van der Waals surface area (Å²) in [6.45, 7) is 3.73. The zero-order chi connectivity index (χ0) is 24.6. The number of benzene rings is 2. The van der Waals surface area contributed by atoms with Crippen LogP contribution in [-0.2, 0) is 17.6 Å². The highest BCUT2D eigenvalue weighted by Gasteiger charge is 2.33. The van der Waals surface area contributed by atoms with E-state index in [0.29, 0.717) is 11.6 Å². The first-order valence-electron chi connectivity index (χ1n) is 10.4. The monoisotopic (exact) mass is 472 g/mol. The second-order valence-electron chi connectivity index (χ2n) is 7.44. The van der Waals surface area contributed by atoms with Crippen molar-refractivity contribution in [3.63, 3.8) is 0 Å². The molecule has 2 aromatic carbocycles. The third-order valence-corrected chi connectivity index (χ3v) is 4.88. The van der Waals surface area contributed by atoms with Gasteiger partial charge in [-0.3, -0.25) is 0 Å². The Labute approximate surface area is 189 Å². The number of alkyl halides is 6. The van der Waals surface area contributed by atoms with Crippen LogP contribution < -0.4 is 5.32 Å². The number of nitrogens with zero attached hydrogens (tertiary/aromatic N) is 1. The average molecular weight is 472 g/mol. The quantitative estimate of drug-likeness (QED) is 0.237. The molecule has 0 atom stereocenters. The maximum atomic E-state index is 13.1. The average Bonchev–Trinajstić information content (AvgIpc) is 2.73. The summed E-state index contributed by atoms with van der Waals surface area (Å²) in [5.41, 5.74) is 1.24. The first-order chi connectivity index (χ1) is 15.5. The number of unbranched alkanes of at least 4 members (excludes halogenated alkanes) is 1. The molecule has 0 heterocycles. The predicted molar refractivity (Wildman–Crippen MR) is 117 cm³/mol. The lowest BCUT2D eigenvalue weighted by Crippen LogP contribution is -2.17. The Morgan fingerprint density at radius 2 is 1.76 bits per heavy atom. The van der Waals surface area contributed by atoms with Gasteiger partial charge < -0.3 is 10.2 Å². The molecule has 0 unspecified atom stereocenters. The molecular weight excluding hydrogens is 446 g/mol. The van der Waals surface area contributed by atoms with Gasteiger partial charge in [0, 0.05) is 29.4 Å². The Kier molecular flexibility index (Phi) is 8.96. The lowest BCUT2D eigenvalue weighted by molar-refractivity contribution is -0.137. The van der Waals surface area contributed by atoms with Gasteiger partial charge in [0.05, 0.1) is 17.7 Å². The van der Waals surface area contributed by atoms with Crippen LogP contribution in [0, 0.1) is 6.92 Å². The molecule has 0 radical (unpaired) electrons. The Hall–Kier alpha value is -2.97. The van der Waals surface area contributed by atoms with Gasteiger partial charge in [-0.1, -0.05) is 54.9 Å². The molecule has 0 spiro atoms. The highest BCUT2D eigenvalue weighted by molar-refractivity contribution is 6.00. The van der Waals surface area contributed by atoms with E-state index in [0.717, 1.165) is 47.9 Å². The molecule has 0 saturated carbocycles. The fraction of sp³-hybridized carbons (Fsp3) is 0.375. The van der Waals surface area contributed by atoms with Crippen molar-refractivity contribution in [3.8, 4) is 0 Å². The molecule has 2 aromatic rings. The van der Waals surface area contributed by atoms with E-state index < -0.39 is 30.0 Å². The highest BCUT2D eigenvalue weighted by atomic mass is 19.4. The van der Waals surface area contributed by atoms with Crippen LogP contribution in [0.1, 0.15) is 54.0 Å². The van der Waals surface area contributed by atoms with Crippen molar-refractivity contribution >= 4 is 11.4 Å². The summed E-state index contributed by atoms with van der Waals surface area (Å²) < 4.78 is 78.4. The molecule has 0 aliphatic carbocycles. The largest absolute Gasteiger partial charge is 0.416 e. The molecular formula is C24H26F6N2O. The zero-order valence-corrected chi connectivity index (χ0v) is 18.6. The third-order valence-electron chi connectivity index (χ3n) is 4.88. The molecule has 0 saturated heterocycles. The minimum absolute atomic E-state index is 0.145. The fourth-order valence-electron chi connectivity index (χ4n) is 3.21. The number of hydrogen-bond acceptors (Lipinski definition) is 3. The van der Waals surface area contributed by atoms with Gasteiger partial charge in [-0.25, -0.2) is 0 Å². The van der Waals surface area contributed by atoms with Gasteiger partial charge in [0.1, 0.15) is 6.61 Å². The van der Waals surface area contributed by atoms with Gasteiger partial charge in [0.15, 0.2) is 0 Å². The van der Waals surface area contributed by atoms with Crippen LogP contribution in [0.3, 0.4) is 0 Å². The normalized spacial score (nSPS) is 13.2. The van der Waals surface area contributed by atoms with Gasteiger partial charge in [-0.2, -0.15) is 26.3 Å². The van der Waals surface area contributed by atoms with E-state index in [9.17, 15) is 26.3 Å². The molecule has 0 amide bonds. The summed E-state index contributed by atoms with van der Waals surface area (Å²) in [4.78, 5) is 5.28. The van der Waals surface area contributed by atoms with E-state index in [1.54, 1.807) is 7.05 Å². The second kappa shape index (κ2) is 11.2. The number of rotatable bonds is 9. The van der Waals surface area contributed by atoms with Crippen LogP contribution in [0.5, 0.6) is 0 Å². The van der Waals surface area contributed by atoms with Crippen molar-refractivity contribution in [2.75, 3.05) is 7.05 Å². The van der Waals surface area contributed by atoms with E-state index in [1.165, 1.54) is 0 Å². The Balaban J connectivity index is 2.38. The maximum absolute atomic E-state index is 13.1. The molecule has 1 N–H and O–H groups in total. The predicted octanol–water partition coefficient (Wildman–Crippen LogP) is 7.25. The summed E-state index contributed by atoms with van der Waals surface area (Å²) in [7, 11) is 1.77. The van der Waals surface area contributed by atoms with Gasteiger partial charge >= 0.3 is 12.4 Å². The van der Waals surface area contributed by atoms with Gasteiger partial charge in [-0.15, -0.1) is 0 Å². The van der Waals surface area contributed by atoms with E-state index in [1.807, 2.05) is 38.1 Å². The van der Waals surface area contributed by atoms with Crippen molar-refractivity contribution < 1.29 is 31.2 Å². The molecule has 0 aliphatic rings. The van der Waals surface area contributed by atoms with Crippen LogP contribution in [0.2, 0.25) is 0 Å². The smallest absolute Gasteiger partial charge is 0.391 e. The Morgan fingerprint density at radius 3 is 2.36 bits per heavy atom. The van der Waals surface area contributed by atoms with Crippen LogP contribution >= 0.6 is 0 Å². The van der Waals surface area contributed by atoms with Gasteiger partial charge in [0.25, 0.3) is 0 Å². The molecule has 0 aromatic heterocycles. The van der Waals surface area contributed by atoms with Crippen molar-refractivity contribution in [1.82, 2.24) is 5.32 Å². The van der Waals surface area contributed by atoms with Gasteiger partial charge in [0.2, 0.25) is 0 Å². The number of allylic oxidation sites excluding steroid dienone is 1. The van der Waals surface area contributed by atoms with Gasteiger partial charge in [-0.05, 0) is 31.0 Å². The number of oxime groups is 1. The first-order valence-corrected chi connectivity index (χ1v) is 10.4. The van der Waals surface area contributed by atoms with E-state index in [-0.39, 0.29) is 12.2 Å². The van der Waals surface area contributed by atoms with Crippen molar-refractivity contribution in [3.05, 3.63) is 76.4 Å². The summed E-state index contributed by atoms with van der Waals surface area (Å²) in [5, 5.41) is 6.73. The summed E-state index contributed by atoms with van der Waals surface area (Å²) >= 11 is 0. The van der Waals surface area contributed by atoms with Crippen molar-refractivity contribution in [2.45, 2.75) is 52.1 Å². The standard InChI is InChI=1S/C24H26F6N2O/c1-4-5-12-21(31-3)19-11-6-8-16(2)20(19)15-33-32-22(14-23(25,26)27)17-9-7-10-18(13-17)24(28,29)30/h6-13,31H,4-5,14-15H2,1-3H3/b21-12-,32-22+. The summed E-state index contributed by atoms with van der Waals surface area (Å²) in [6, 6.07) is 9.17. The van der Waals surface area contributed by atoms with Crippen LogP contribution in [-0.4, -0.2) is 18.9 Å². The summed E-state index contributed by atoms with van der Waals surface area (Å²) in [5.74, 6) is 0. The van der Waals surface area contributed by atoms with Crippen LogP contribution in [0.15, 0.2) is 53.7 Å². The fourth-order valence-corrected chi connectivity index (χ4v) is 3.21. The van der Waals surface area contributed by atoms with E-state index in [4.69, 9.17) is 4.84 Å². The molecule has 180 valence electrons. The molecule has 0 bridgehead atoms. The highest BCUT2D eigenvalue weighted by Crippen LogP contribution is 2.31. The first kappa shape index (κ1) is 26.3. The molecule has 33 heavy (non-hydrogen) atoms. The van der Waals surface area contributed by atoms with Crippen molar-refractivity contribution in [2.24, 2.45) is 5.16 Å². The topological polar surface area (TPSA) is 33.6 Å². The maximum Gasteiger partial charge on any atom is 0.416 e. The lowest BCUT2D eigenvalue weighted by Gasteiger charge is -2.16. The van der Waals surface area contributed by atoms with E-state index >= 15 is 0 Å². The molecule has 0 fully saturated rings. The van der Waals surface area contributed by atoms with Crippen LogP contribution in [0.4, 0.5) is 26.3 Å². The Bertz CT molecular complexity index is 993. The number of hydrogen-bond donors (Lipinski definition) is 1. The van der Waals surface area contributed by atoms with E-state index in [2.05, 4.69) is 10.5 Å². The minimum atomic E-state index is -4.69. The molecule has 9 heteroatoms. The number of halogens is 6. The molecule has 0 aliphatic heterocycles. The molecule has 3 nitrogen and oxygen atoms in total. The SMILES string of the molecule is CCC/C=C(\NC)c1cccc(C)c1CO/N=C(\CC(F)(F)F)c1cccc(C(F)(F)F)c1. The summed E-state index contributed by atoms with van der Waals surface area (Å²) in [6.07, 6.45) is -7.11. The second-order valence-corrected chi connectivity index (χ2v) is 7.44. The number of aryl methyl sites for hydroxylation is 1. The Morgan fingerprint density at radius 1 is 1.06 bits per heavy atom. The van der Waals surface area contributed by atoms with Crippen molar-refractivity contribution in [1.29, 1.82) is 0 Å². The zero-order valence-electron chi connectivity index (χ0n) is 18.6. The third kappa shape index (κ3) is 7.83. The number of nitrogens with one attached hydrogen (secondary N) is 1.